The zero-order valence-electron chi connectivity index (χ0n) is 21.2. The van der Waals surface area contributed by atoms with Gasteiger partial charge in [-0.2, -0.15) is 0 Å². The average molecular weight is 527 g/mol. The molecule has 0 saturated heterocycles. The van der Waals surface area contributed by atoms with Crippen LogP contribution in [0.5, 0.6) is 5.75 Å². The van der Waals surface area contributed by atoms with E-state index < -0.39 is 24.0 Å². The van der Waals surface area contributed by atoms with Gasteiger partial charge in [-0.05, 0) is 55.0 Å². The summed E-state index contributed by atoms with van der Waals surface area (Å²) >= 11 is 1.40. The minimum atomic E-state index is -1.24. The van der Waals surface area contributed by atoms with E-state index >= 15 is 0 Å². The van der Waals surface area contributed by atoms with Crippen LogP contribution >= 0.6 is 11.8 Å². The van der Waals surface area contributed by atoms with E-state index in [0.717, 1.165) is 29.7 Å². The number of unbranched alkanes of at least 4 members (excludes halogenated alkanes) is 1. The summed E-state index contributed by atoms with van der Waals surface area (Å²) in [6.07, 6.45) is 4.65. The summed E-state index contributed by atoms with van der Waals surface area (Å²) in [5.41, 5.74) is 2.74. The molecule has 3 N–H and O–H groups in total. The molecule has 1 heterocycles. The van der Waals surface area contributed by atoms with Gasteiger partial charge in [-0.3, -0.25) is 9.59 Å². The lowest BCUT2D eigenvalue weighted by atomic mass is 9.90. The van der Waals surface area contributed by atoms with Gasteiger partial charge in [0.1, 0.15) is 11.5 Å². The summed E-state index contributed by atoms with van der Waals surface area (Å²) in [6, 6.07) is 13.4. The number of rotatable bonds is 14. The van der Waals surface area contributed by atoms with Gasteiger partial charge in [-0.1, -0.05) is 50.6 Å². The molecule has 37 heavy (non-hydrogen) atoms. The molecule has 0 aromatic heterocycles. The Labute approximate surface area is 221 Å². The molecule has 1 aliphatic rings. The van der Waals surface area contributed by atoms with Gasteiger partial charge in [0.25, 0.3) is 0 Å². The maximum atomic E-state index is 12.5. The van der Waals surface area contributed by atoms with Gasteiger partial charge in [0, 0.05) is 23.3 Å². The van der Waals surface area contributed by atoms with Crippen molar-refractivity contribution in [3.8, 4) is 5.75 Å². The van der Waals surface area contributed by atoms with Crippen LogP contribution in [0.1, 0.15) is 80.2 Å². The average Bonchev–Trinajstić information content (AvgIpc) is 2.89. The number of aliphatic carboxylic acids is 2. The first kappa shape index (κ1) is 28.5. The number of hydrogen-bond acceptors (Lipinski definition) is 6. The van der Waals surface area contributed by atoms with Crippen molar-refractivity contribution >= 4 is 29.5 Å². The molecule has 0 aliphatic carbocycles. The van der Waals surface area contributed by atoms with Crippen molar-refractivity contribution in [2.24, 2.45) is 0 Å². The second-order valence-corrected chi connectivity index (χ2v) is 10.4. The number of aliphatic hydroxyl groups is 1. The number of Topliss-reactive ketones (excluding diaryl/α,β-unsaturated/α-hetero) is 1. The van der Waals surface area contributed by atoms with Crippen LogP contribution < -0.4 is 4.74 Å². The number of hydrogen-bond donors (Lipinski definition) is 3. The fourth-order valence-corrected chi connectivity index (χ4v) is 5.51. The number of benzene rings is 2. The van der Waals surface area contributed by atoms with Gasteiger partial charge in [-0.15, -0.1) is 11.8 Å². The quantitative estimate of drug-likeness (QED) is 0.260. The third-order valence-electron chi connectivity index (χ3n) is 6.39. The molecule has 3 unspecified atom stereocenters. The number of carboxylic acids is 2. The molecule has 2 aromatic rings. The molecule has 0 fully saturated rings. The zero-order chi connectivity index (χ0) is 26.9. The second kappa shape index (κ2) is 13.4. The van der Waals surface area contributed by atoms with Crippen LogP contribution in [0.4, 0.5) is 0 Å². The third kappa shape index (κ3) is 7.69. The lowest BCUT2D eigenvalue weighted by molar-refractivity contribution is -0.137. The van der Waals surface area contributed by atoms with E-state index in [9.17, 15) is 24.6 Å². The summed E-state index contributed by atoms with van der Waals surface area (Å²) in [7, 11) is 0. The van der Waals surface area contributed by atoms with Crippen LogP contribution in [0.15, 0.2) is 59.2 Å². The molecule has 3 rings (SSSR count). The first-order chi connectivity index (χ1) is 17.7. The van der Waals surface area contributed by atoms with Crippen LogP contribution in [0.3, 0.4) is 0 Å². The first-order valence-electron chi connectivity index (χ1n) is 12.7. The highest BCUT2D eigenvalue weighted by atomic mass is 32.2. The molecule has 1 aliphatic heterocycles. The number of ether oxygens (including phenoxy) is 1. The highest BCUT2D eigenvalue weighted by Crippen LogP contribution is 2.43. The summed E-state index contributed by atoms with van der Waals surface area (Å²) in [4.78, 5) is 35.8. The first-order valence-corrected chi connectivity index (χ1v) is 13.6. The van der Waals surface area contributed by atoms with Gasteiger partial charge >= 0.3 is 11.9 Å². The van der Waals surface area contributed by atoms with Gasteiger partial charge in [0.2, 0.25) is 5.76 Å². The van der Waals surface area contributed by atoms with E-state index in [0.29, 0.717) is 24.2 Å². The Morgan fingerprint density at radius 3 is 2.38 bits per heavy atom. The summed E-state index contributed by atoms with van der Waals surface area (Å²) < 4.78 is 5.62. The predicted molar refractivity (Wildman–Crippen MR) is 142 cm³/mol. The number of fused-ring (bicyclic) bond motifs is 1. The fraction of sp³-hybridized carbons (Fsp3) is 0.414. The maximum Gasteiger partial charge on any atom is 0.371 e. The Morgan fingerprint density at radius 2 is 1.76 bits per heavy atom. The standard InChI is InChI=1S/C29H34O7S/c1-3-5-7-18-10-12-19(13-11-18)28(24(31)8-6-9-27(32)33)37-20-14-15-21-22(23(30)4-2)17-26(29(34)35)36-25(21)16-20/h10-17,22,24,28,31H,3-9H2,1-2H3,(H,32,33)(H,34,35). The number of ketones is 1. The molecule has 0 bridgehead atoms. The molecule has 0 radical (unpaired) electrons. The molecule has 0 spiro atoms. The van der Waals surface area contributed by atoms with Gasteiger partial charge < -0.3 is 20.1 Å². The molecule has 0 amide bonds. The van der Waals surface area contributed by atoms with Crippen LogP contribution in [0.2, 0.25) is 0 Å². The molecule has 2 aromatic carbocycles. The normalized spacial score (nSPS) is 16.2. The second-order valence-electron chi connectivity index (χ2n) is 9.17. The number of aryl methyl sites for hydroxylation is 1. The maximum absolute atomic E-state index is 12.5. The molecule has 198 valence electrons. The summed E-state index contributed by atoms with van der Waals surface area (Å²) in [5.74, 6) is -2.90. The van der Waals surface area contributed by atoms with Crippen LogP contribution in [0, 0.1) is 0 Å². The molecular formula is C29H34O7S. The Balaban J connectivity index is 1.89. The summed E-state index contributed by atoms with van der Waals surface area (Å²) in [5, 5.41) is 29.2. The smallest absolute Gasteiger partial charge is 0.371 e. The number of carbonyl (C=O) groups is 3. The van der Waals surface area contributed by atoms with Crippen molar-refractivity contribution in [3.63, 3.8) is 0 Å². The highest BCUT2D eigenvalue weighted by molar-refractivity contribution is 7.99. The molecule has 7 nitrogen and oxygen atoms in total. The van der Waals surface area contributed by atoms with E-state index in [4.69, 9.17) is 9.84 Å². The van der Waals surface area contributed by atoms with Gasteiger partial charge in [0.15, 0.2) is 0 Å². The largest absolute Gasteiger partial charge is 0.481 e. The Hall–Kier alpha value is -3.10. The van der Waals surface area contributed by atoms with E-state index in [-0.39, 0.29) is 29.6 Å². The van der Waals surface area contributed by atoms with Crippen LogP contribution in [0.25, 0.3) is 0 Å². The monoisotopic (exact) mass is 526 g/mol. The van der Waals surface area contributed by atoms with Crippen molar-refractivity contribution < 1.29 is 34.4 Å². The Bertz CT molecular complexity index is 1140. The van der Waals surface area contributed by atoms with Crippen molar-refractivity contribution in [1.82, 2.24) is 0 Å². The van der Waals surface area contributed by atoms with E-state index in [2.05, 4.69) is 19.1 Å². The van der Waals surface area contributed by atoms with E-state index in [1.54, 1.807) is 19.1 Å². The van der Waals surface area contributed by atoms with Crippen molar-refractivity contribution in [1.29, 1.82) is 0 Å². The minimum absolute atomic E-state index is 0.0196. The topological polar surface area (TPSA) is 121 Å². The fourth-order valence-electron chi connectivity index (χ4n) is 4.31. The van der Waals surface area contributed by atoms with Crippen LogP contribution in [-0.2, 0) is 20.8 Å². The third-order valence-corrected chi connectivity index (χ3v) is 7.76. The Kier molecular flexibility index (Phi) is 10.3. The molecule has 3 atom stereocenters. The van der Waals surface area contributed by atoms with E-state index in [1.165, 1.54) is 23.4 Å². The SMILES string of the molecule is CCCCc1ccc(C(Sc2ccc3c(c2)OC(C(=O)O)=CC3C(=O)CC)C(O)CCCC(=O)O)cc1. The predicted octanol–water partition coefficient (Wildman–Crippen LogP) is 5.90. The van der Waals surface area contributed by atoms with Gasteiger partial charge in [-0.25, -0.2) is 4.79 Å². The Morgan fingerprint density at radius 1 is 1.03 bits per heavy atom. The van der Waals surface area contributed by atoms with Gasteiger partial charge in [0.05, 0.1) is 17.3 Å². The summed E-state index contributed by atoms with van der Waals surface area (Å²) in [6.45, 7) is 3.88. The molecular weight excluding hydrogens is 492 g/mol. The number of aliphatic hydroxyl groups excluding tert-OH is 1. The minimum Gasteiger partial charge on any atom is -0.481 e. The van der Waals surface area contributed by atoms with Crippen molar-refractivity contribution in [3.05, 3.63) is 71.0 Å². The number of thioether (sulfide) groups is 1. The van der Waals surface area contributed by atoms with Crippen molar-refractivity contribution in [2.45, 2.75) is 81.0 Å². The highest BCUT2D eigenvalue weighted by Gasteiger charge is 2.30. The number of carbonyl (C=O) groups excluding carboxylic acids is 1. The lowest BCUT2D eigenvalue weighted by Crippen LogP contribution is -2.20. The number of carboxylic acid groups (broad SMARTS) is 2. The van der Waals surface area contributed by atoms with Crippen molar-refractivity contribution in [2.75, 3.05) is 0 Å². The van der Waals surface area contributed by atoms with Crippen LogP contribution in [-0.4, -0.2) is 39.1 Å². The zero-order valence-corrected chi connectivity index (χ0v) is 22.0. The van der Waals surface area contributed by atoms with E-state index in [1.807, 2.05) is 18.2 Å². The number of allylic oxidation sites excluding steroid dienone is 1. The molecule has 8 heteroatoms. The molecule has 0 saturated carbocycles. The lowest BCUT2D eigenvalue weighted by Gasteiger charge is -2.26.